The fourth-order valence-electron chi connectivity index (χ4n) is 1.91. The van der Waals surface area contributed by atoms with Gasteiger partial charge in [-0.25, -0.2) is 13.1 Å². The van der Waals surface area contributed by atoms with Crippen LogP contribution in [0.4, 0.5) is 0 Å². The van der Waals surface area contributed by atoms with Crippen LogP contribution in [0.2, 0.25) is 0 Å². The van der Waals surface area contributed by atoms with E-state index in [1.165, 1.54) is 0 Å². The van der Waals surface area contributed by atoms with Gasteiger partial charge in [-0.3, -0.25) is 0 Å². The first-order valence-electron chi connectivity index (χ1n) is 6.87. The molecule has 0 atom stereocenters. The zero-order chi connectivity index (χ0) is 16.4. The smallest absolute Gasteiger partial charge is 0.294 e. The lowest BCUT2D eigenvalue weighted by Crippen LogP contribution is -2.39. The molecule has 120 valence electrons. The molecule has 1 N–H and O–H groups in total. The van der Waals surface area contributed by atoms with Gasteiger partial charge in [0.2, 0.25) is 15.8 Å². The van der Waals surface area contributed by atoms with Gasteiger partial charge in [-0.1, -0.05) is 36.3 Å². The molecular weight excluding hydrogens is 370 g/mol. The van der Waals surface area contributed by atoms with Crippen molar-refractivity contribution in [3.05, 3.63) is 34.6 Å². The second-order valence-corrected chi connectivity index (χ2v) is 8.35. The maximum Gasteiger partial charge on any atom is 0.294 e. The molecule has 0 spiro atoms. The number of hydrogen-bond donors (Lipinski definition) is 1. The van der Waals surface area contributed by atoms with Crippen molar-refractivity contribution >= 4 is 26.0 Å². The Kier molecular flexibility index (Phi) is 5.03. The Bertz CT molecular complexity index is 739. The van der Waals surface area contributed by atoms with Crippen LogP contribution in [0.25, 0.3) is 11.4 Å². The SMILES string of the molecule is CCCNS(=O)(=O)C(C)(C)c1ccc(-c2noc(Br)n2)cc1. The molecule has 2 aromatic rings. The van der Waals surface area contributed by atoms with Crippen LogP contribution in [-0.2, 0) is 14.8 Å². The second kappa shape index (κ2) is 6.47. The van der Waals surface area contributed by atoms with Crippen LogP contribution in [0, 0.1) is 0 Å². The monoisotopic (exact) mass is 387 g/mol. The van der Waals surface area contributed by atoms with E-state index in [1.807, 2.05) is 6.92 Å². The van der Waals surface area contributed by atoms with E-state index in [2.05, 4.69) is 30.8 Å². The molecule has 0 saturated heterocycles. The lowest BCUT2D eigenvalue weighted by molar-refractivity contribution is 0.397. The third-order valence-corrected chi connectivity index (χ3v) is 5.94. The van der Waals surface area contributed by atoms with E-state index >= 15 is 0 Å². The fourth-order valence-corrected chi connectivity index (χ4v) is 3.44. The molecule has 0 fully saturated rings. The maximum atomic E-state index is 12.4. The van der Waals surface area contributed by atoms with Gasteiger partial charge in [-0.15, -0.1) is 0 Å². The number of benzene rings is 1. The van der Waals surface area contributed by atoms with Crippen LogP contribution in [0.15, 0.2) is 33.6 Å². The third-order valence-electron chi connectivity index (χ3n) is 3.45. The minimum Gasteiger partial charge on any atom is -0.326 e. The van der Waals surface area contributed by atoms with Crippen molar-refractivity contribution < 1.29 is 12.9 Å². The van der Waals surface area contributed by atoms with E-state index in [-0.39, 0.29) is 0 Å². The Hall–Kier alpha value is -1.25. The van der Waals surface area contributed by atoms with Gasteiger partial charge in [0.05, 0.1) is 0 Å². The summed E-state index contributed by atoms with van der Waals surface area (Å²) in [5.74, 6) is 0.447. The van der Waals surface area contributed by atoms with E-state index < -0.39 is 14.8 Å². The summed E-state index contributed by atoms with van der Waals surface area (Å²) in [4.78, 5) is 4.37. The lowest BCUT2D eigenvalue weighted by atomic mass is 10.0. The predicted octanol–water partition coefficient (Wildman–Crippen LogP) is 3.06. The molecule has 8 heteroatoms. The number of sulfonamides is 1. The number of aromatic nitrogens is 2. The molecule has 0 saturated carbocycles. The number of halogens is 1. The number of rotatable bonds is 6. The van der Waals surface area contributed by atoms with Crippen LogP contribution in [0.5, 0.6) is 0 Å². The Morgan fingerprint density at radius 3 is 2.41 bits per heavy atom. The Morgan fingerprint density at radius 1 is 1.27 bits per heavy atom. The summed E-state index contributed by atoms with van der Waals surface area (Å²) >= 11 is 3.10. The van der Waals surface area contributed by atoms with Crippen molar-refractivity contribution in [2.75, 3.05) is 6.54 Å². The fraction of sp³-hybridized carbons (Fsp3) is 0.429. The first kappa shape index (κ1) is 17.1. The average Bonchev–Trinajstić information content (AvgIpc) is 2.91. The first-order valence-corrected chi connectivity index (χ1v) is 9.15. The summed E-state index contributed by atoms with van der Waals surface area (Å²) in [6.07, 6.45) is 0.751. The molecule has 1 aromatic heterocycles. The topological polar surface area (TPSA) is 85.1 Å². The average molecular weight is 388 g/mol. The Morgan fingerprint density at radius 2 is 1.91 bits per heavy atom. The zero-order valence-corrected chi connectivity index (χ0v) is 15.0. The molecule has 6 nitrogen and oxygen atoms in total. The first-order chi connectivity index (χ1) is 10.3. The van der Waals surface area contributed by atoms with Gasteiger partial charge in [0.15, 0.2) is 0 Å². The molecule has 0 radical (unpaired) electrons. The molecule has 22 heavy (non-hydrogen) atoms. The highest BCUT2D eigenvalue weighted by molar-refractivity contribution is 9.10. The van der Waals surface area contributed by atoms with Crippen molar-refractivity contribution in [2.24, 2.45) is 0 Å². The lowest BCUT2D eigenvalue weighted by Gasteiger charge is -2.25. The molecular formula is C14H18BrN3O3S. The zero-order valence-electron chi connectivity index (χ0n) is 12.6. The van der Waals surface area contributed by atoms with Crippen molar-refractivity contribution in [1.29, 1.82) is 0 Å². The molecule has 0 aliphatic heterocycles. The minimum atomic E-state index is -3.46. The highest BCUT2D eigenvalue weighted by Gasteiger charge is 2.35. The number of nitrogens with one attached hydrogen (secondary N) is 1. The molecule has 0 unspecified atom stereocenters. The standard InChI is InChI=1S/C14H18BrN3O3S/c1-4-9-16-22(19,20)14(2,3)11-7-5-10(6-8-11)12-17-13(15)21-18-12/h5-8,16H,4,9H2,1-3H3. The van der Waals surface area contributed by atoms with E-state index in [0.29, 0.717) is 22.7 Å². The van der Waals surface area contributed by atoms with Crippen LogP contribution < -0.4 is 4.72 Å². The van der Waals surface area contributed by atoms with Crippen molar-refractivity contribution in [3.63, 3.8) is 0 Å². The third kappa shape index (κ3) is 3.39. The molecule has 0 aliphatic carbocycles. The number of nitrogens with zero attached hydrogens (tertiary/aromatic N) is 2. The van der Waals surface area contributed by atoms with E-state index in [0.717, 1.165) is 12.0 Å². The second-order valence-electron chi connectivity index (χ2n) is 5.36. The van der Waals surface area contributed by atoms with E-state index in [1.54, 1.807) is 38.1 Å². The van der Waals surface area contributed by atoms with E-state index in [9.17, 15) is 8.42 Å². The molecule has 2 rings (SSSR count). The van der Waals surface area contributed by atoms with Gasteiger partial charge >= 0.3 is 0 Å². The van der Waals surface area contributed by atoms with Gasteiger partial charge in [0.1, 0.15) is 4.75 Å². The Labute approximate surface area is 138 Å². The van der Waals surface area contributed by atoms with Gasteiger partial charge in [-0.2, -0.15) is 4.98 Å². The van der Waals surface area contributed by atoms with Gasteiger partial charge in [0.25, 0.3) is 4.80 Å². The van der Waals surface area contributed by atoms with Crippen LogP contribution in [0.3, 0.4) is 0 Å². The van der Waals surface area contributed by atoms with Gasteiger partial charge < -0.3 is 4.52 Å². The van der Waals surface area contributed by atoms with Crippen LogP contribution in [-0.4, -0.2) is 25.1 Å². The molecule has 1 heterocycles. The van der Waals surface area contributed by atoms with Crippen molar-refractivity contribution in [1.82, 2.24) is 14.9 Å². The molecule has 1 aromatic carbocycles. The summed E-state index contributed by atoms with van der Waals surface area (Å²) in [5.41, 5.74) is 1.45. The predicted molar refractivity (Wildman–Crippen MR) is 87.7 cm³/mol. The van der Waals surface area contributed by atoms with Crippen molar-refractivity contribution in [2.45, 2.75) is 31.9 Å². The Balaban J connectivity index is 2.29. The normalized spacial score (nSPS) is 12.5. The quantitative estimate of drug-likeness (QED) is 0.822. The maximum absolute atomic E-state index is 12.4. The minimum absolute atomic E-state index is 0.304. The summed E-state index contributed by atoms with van der Waals surface area (Å²) in [6, 6.07) is 7.10. The summed E-state index contributed by atoms with van der Waals surface area (Å²) in [7, 11) is -3.46. The van der Waals surface area contributed by atoms with Crippen LogP contribution in [0.1, 0.15) is 32.8 Å². The summed E-state index contributed by atoms with van der Waals surface area (Å²) in [6.45, 7) is 5.73. The van der Waals surface area contributed by atoms with Gasteiger partial charge in [-0.05, 0) is 25.8 Å². The van der Waals surface area contributed by atoms with Gasteiger partial charge in [0, 0.05) is 28.0 Å². The largest absolute Gasteiger partial charge is 0.326 e. The number of hydrogen-bond acceptors (Lipinski definition) is 5. The molecule has 0 aliphatic rings. The summed E-state index contributed by atoms with van der Waals surface area (Å²) in [5, 5.41) is 3.80. The highest BCUT2D eigenvalue weighted by atomic mass is 79.9. The van der Waals surface area contributed by atoms with E-state index in [4.69, 9.17) is 4.52 Å². The molecule has 0 amide bonds. The van der Waals surface area contributed by atoms with Crippen LogP contribution >= 0.6 is 15.9 Å². The molecule has 0 bridgehead atoms. The summed E-state index contributed by atoms with van der Waals surface area (Å²) < 4.78 is 31.3. The van der Waals surface area contributed by atoms with Crippen molar-refractivity contribution in [3.8, 4) is 11.4 Å². The highest BCUT2D eigenvalue weighted by Crippen LogP contribution is 2.30.